The van der Waals surface area contributed by atoms with Crippen molar-refractivity contribution in [2.24, 2.45) is 0 Å². The predicted molar refractivity (Wildman–Crippen MR) is 99.9 cm³/mol. The first kappa shape index (κ1) is 16.7. The molecule has 122 valence electrons. The van der Waals surface area contributed by atoms with Gasteiger partial charge in [-0.2, -0.15) is 0 Å². The Balaban J connectivity index is 1.80. The zero-order valence-electron chi connectivity index (χ0n) is 13.4. The maximum atomic E-state index is 13.4. The third kappa shape index (κ3) is 3.85. The monoisotopic (exact) mass is 384 g/mol. The topological polar surface area (TPSA) is 9.23 Å². The minimum Gasteiger partial charge on any atom is -0.489 e. The van der Waals surface area contributed by atoms with E-state index in [1.54, 1.807) is 0 Å². The number of alkyl halides is 1. The Hall–Kier alpha value is -2.13. The van der Waals surface area contributed by atoms with Gasteiger partial charge in [-0.1, -0.05) is 58.4 Å². The summed E-state index contributed by atoms with van der Waals surface area (Å²) in [7, 11) is 0. The van der Waals surface area contributed by atoms with Gasteiger partial charge in [-0.25, -0.2) is 4.39 Å². The zero-order valence-corrected chi connectivity index (χ0v) is 15.0. The van der Waals surface area contributed by atoms with Crippen molar-refractivity contribution in [3.05, 3.63) is 87.9 Å². The molecule has 0 aliphatic carbocycles. The predicted octanol–water partition coefficient (Wildman–Crippen LogP) is 6.47. The van der Waals surface area contributed by atoms with Gasteiger partial charge in [0.1, 0.15) is 19.0 Å². The van der Waals surface area contributed by atoms with Crippen LogP contribution in [0.3, 0.4) is 0 Å². The average molecular weight is 385 g/mol. The van der Waals surface area contributed by atoms with E-state index in [1.165, 1.54) is 0 Å². The summed E-state index contributed by atoms with van der Waals surface area (Å²) in [5.74, 6) is 0.805. The zero-order chi connectivity index (χ0) is 16.9. The van der Waals surface area contributed by atoms with Gasteiger partial charge < -0.3 is 4.74 Å². The molecule has 24 heavy (non-hydrogen) atoms. The molecule has 3 rings (SSSR count). The average Bonchev–Trinajstić information content (AvgIpc) is 2.61. The van der Waals surface area contributed by atoms with Crippen LogP contribution in [0.15, 0.2) is 71.2 Å². The molecule has 3 aromatic carbocycles. The second-order valence-electron chi connectivity index (χ2n) is 5.69. The lowest BCUT2D eigenvalue weighted by Gasteiger charge is -2.13. The van der Waals surface area contributed by atoms with Gasteiger partial charge in [-0.15, -0.1) is 0 Å². The van der Waals surface area contributed by atoms with Crippen LogP contribution >= 0.6 is 15.9 Å². The molecular weight excluding hydrogens is 367 g/mol. The van der Waals surface area contributed by atoms with Gasteiger partial charge in [0.25, 0.3) is 0 Å². The van der Waals surface area contributed by atoms with E-state index in [1.807, 2.05) is 73.7 Å². The summed E-state index contributed by atoms with van der Waals surface area (Å²) in [4.78, 5) is 0. The fraction of sp³-hybridized carbons (Fsp3) is 0.143. The highest BCUT2D eigenvalue weighted by molar-refractivity contribution is 9.10. The minimum atomic E-state index is -0.484. The molecule has 0 unspecified atom stereocenters. The molecule has 0 atom stereocenters. The van der Waals surface area contributed by atoms with Crippen LogP contribution in [0.4, 0.5) is 4.39 Å². The molecule has 3 aromatic rings. The molecule has 0 heterocycles. The van der Waals surface area contributed by atoms with Crippen LogP contribution in [-0.2, 0) is 13.3 Å². The van der Waals surface area contributed by atoms with Gasteiger partial charge in [-0.05, 0) is 59.0 Å². The number of rotatable bonds is 5. The molecule has 0 aromatic heterocycles. The number of hydrogen-bond acceptors (Lipinski definition) is 1. The summed E-state index contributed by atoms with van der Waals surface area (Å²) in [5.41, 5.74) is 4.83. The van der Waals surface area contributed by atoms with Crippen LogP contribution in [-0.4, -0.2) is 0 Å². The second kappa shape index (κ2) is 7.63. The van der Waals surface area contributed by atoms with E-state index < -0.39 is 6.67 Å². The van der Waals surface area contributed by atoms with E-state index in [9.17, 15) is 4.39 Å². The van der Waals surface area contributed by atoms with Gasteiger partial charge >= 0.3 is 0 Å². The molecular formula is C21H18BrFO. The Morgan fingerprint density at radius 1 is 0.958 bits per heavy atom. The third-order valence-corrected chi connectivity index (χ3v) is 4.38. The summed E-state index contributed by atoms with van der Waals surface area (Å²) < 4.78 is 20.1. The Morgan fingerprint density at radius 2 is 1.67 bits per heavy atom. The number of halogens is 2. The highest BCUT2D eigenvalue weighted by Crippen LogP contribution is 2.32. The maximum Gasteiger partial charge on any atom is 0.119 e. The first-order chi connectivity index (χ1) is 11.7. The van der Waals surface area contributed by atoms with Crippen molar-refractivity contribution in [2.75, 3.05) is 0 Å². The molecule has 1 nitrogen and oxygen atoms in total. The first-order valence-electron chi connectivity index (χ1n) is 7.79. The van der Waals surface area contributed by atoms with Crippen molar-refractivity contribution < 1.29 is 9.13 Å². The summed E-state index contributed by atoms with van der Waals surface area (Å²) in [6, 6.07) is 21.7. The van der Waals surface area contributed by atoms with Gasteiger partial charge in [0.05, 0.1) is 0 Å². The molecule has 3 heteroatoms. The molecule has 0 saturated carbocycles. The van der Waals surface area contributed by atoms with Crippen LogP contribution in [0, 0.1) is 6.92 Å². The molecule has 0 spiro atoms. The quantitative estimate of drug-likeness (QED) is 0.489. The SMILES string of the molecule is Cc1cc(Br)cc(CF)c1-c1ccc(OCc2ccccc2)cc1. The molecule has 0 radical (unpaired) electrons. The summed E-state index contributed by atoms with van der Waals surface area (Å²) in [6.07, 6.45) is 0. The second-order valence-corrected chi connectivity index (χ2v) is 6.60. The Bertz CT molecular complexity index is 813. The van der Waals surface area contributed by atoms with Crippen molar-refractivity contribution in [3.63, 3.8) is 0 Å². The lowest BCUT2D eigenvalue weighted by atomic mass is 9.95. The van der Waals surface area contributed by atoms with E-state index in [0.29, 0.717) is 12.2 Å². The number of ether oxygens (including phenoxy) is 1. The van der Waals surface area contributed by atoms with E-state index >= 15 is 0 Å². The van der Waals surface area contributed by atoms with E-state index in [4.69, 9.17) is 4.74 Å². The normalized spacial score (nSPS) is 10.6. The number of aryl methyl sites for hydroxylation is 1. The minimum absolute atomic E-state index is 0.484. The summed E-state index contributed by atoms with van der Waals surface area (Å²) >= 11 is 3.43. The largest absolute Gasteiger partial charge is 0.489 e. The lowest BCUT2D eigenvalue weighted by Crippen LogP contribution is -1.95. The van der Waals surface area contributed by atoms with Crippen molar-refractivity contribution >= 4 is 15.9 Å². The van der Waals surface area contributed by atoms with Crippen LogP contribution in [0.5, 0.6) is 5.75 Å². The van der Waals surface area contributed by atoms with Crippen molar-refractivity contribution in [3.8, 4) is 16.9 Å². The first-order valence-corrected chi connectivity index (χ1v) is 8.59. The van der Waals surface area contributed by atoms with E-state index in [0.717, 1.165) is 32.5 Å². The van der Waals surface area contributed by atoms with Gasteiger partial charge in [0.15, 0.2) is 0 Å². The molecule has 0 N–H and O–H groups in total. The van der Waals surface area contributed by atoms with E-state index in [-0.39, 0.29) is 0 Å². The highest BCUT2D eigenvalue weighted by Gasteiger charge is 2.10. The Labute approximate surface area is 150 Å². The van der Waals surface area contributed by atoms with Crippen LogP contribution < -0.4 is 4.74 Å². The standard InChI is InChI=1S/C21H18BrFO/c1-15-11-19(22)12-18(13-23)21(15)17-7-9-20(10-8-17)24-14-16-5-3-2-4-6-16/h2-12H,13-14H2,1H3. The fourth-order valence-electron chi connectivity index (χ4n) is 2.79. The number of hydrogen-bond donors (Lipinski definition) is 0. The van der Waals surface area contributed by atoms with Crippen molar-refractivity contribution in [1.29, 1.82) is 0 Å². The highest BCUT2D eigenvalue weighted by atomic mass is 79.9. The van der Waals surface area contributed by atoms with Gasteiger partial charge in [-0.3, -0.25) is 0 Å². The fourth-order valence-corrected chi connectivity index (χ4v) is 3.41. The maximum absolute atomic E-state index is 13.4. The molecule has 0 aliphatic heterocycles. The van der Waals surface area contributed by atoms with Crippen LogP contribution in [0.1, 0.15) is 16.7 Å². The van der Waals surface area contributed by atoms with E-state index in [2.05, 4.69) is 15.9 Å². The van der Waals surface area contributed by atoms with Crippen molar-refractivity contribution in [1.82, 2.24) is 0 Å². The van der Waals surface area contributed by atoms with Gasteiger partial charge in [0.2, 0.25) is 0 Å². The molecule has 0 aliphatic rings. The molecule has 0 fully saturated rings. The molecule has 0 bridgehead atoms. The Morgan fingerprint density at radius 3 is 2.33 bits per heavy atom. The molecule has 0 saturated heterocycles. The third-order valence-electron chi connectivity index (χ3n) is 3.92. The molecule has 0 amide bonds. The summed E-state index contributed by atoms with van der Waals surface area (Å²) in [6.45, 7) is 2.05. The number of benzene rings is 3. The smallest absolute Gasteiger partial charge is 0.119 e. The lowest BCUT2D eigenvalue weighted by molar-refractivity contribution is 0.306. The van der Waals surface area contributed by atoms with Crippen LogP contribution in [0.2, 0.25) is 0 Å². The summed E-state index contributed by atoms with van der Waals surface area (Å²) in [5, 5.41) is 0. The van der Waals surface area contributed by atoms with Crippen molar-refractivity contribution in [2.45, 2.75) is 20.2 Å². The Kier molecular flexibility index (Phi) is 5.31. The van der Waals surface area contributed by atoms with Crippen LogP contribution in [0.25, 0.3) is 11.1 Å². The van der Waals surface area contributed by atoms with Gasteiger partial charge in [0, 0.05) is 4.47 Å².